The topological polar surface area (TPSA) is 66.8 Å². The average molecular weight is 345 g/mol. The maximum atomic E-state index is 12.2. The van der Waals surface area contributed by atoms with E-state index >= 15 is 0 Å². The molecule has 0 fully saturated rings. The van der Waals surface area contributed by atoms with Crippen molar-refractivity contribution in [1.82, 2.24) is 0 Å². The van der Waals surface area contributed by atoms with Crippen LogP contribution in [0.25, 0.3) is 0 Å². The van der Waals surface area contributed by atoms with Gasteiger partial charge in [0.15, 0.2) is 5.78 Å². The number of rotatable bonds is 18. The van der Waals surface area contributed by atoms with Crippen LogP contribution < -0.4 is 0 Å². The predicted octanol–water partition coefficient (Wildman–Crippen LogP) is 4.41. The van der Waals surface area contributed by atoms with Crippen molar-refractivity contribution < 1.29 is 19.7 Å². The fourth-order valence-corrected chi connectivity index (χ4v) is 2.83. The summed E-state index contributed by atoms with van der Waals surface area (Å²) in [6.07, 6.45) is 12.4. The van der Waals surface area contributed by atoms with Crippen molar-refractivity contribution in [2.45, 2.75) is 110 Å². The van der Waals surface area contributed by atoms with Crippen LogP contribution in [0.2, 0.25) is 0 Å². The molecular formula is C20H40O4. The molecule has 0 spiro atoms. The van der Waals surface area contributed by atoms with E-state index in [1.165, 1.54) is 44.9 Å². The molecule has 0 heterocycles. The number of Topliss-reactive ketones (excluding diaryl/α,β-unsaturated/α-hetero) is 1. The second kappa shape index (κ2) is 17.4. The van der Waals surface area contributed by atoms with Gasteiger partial charge in [-0.15, -0.1) is 0 Å². The first kappa shape index (κ1) is 23.5. The monoisotopic (exact) mass is 344 g/mol. The summed E-state index contributed by atoms with van der Waals surface area (Å²) in [5, 5.41) is 18.9. The molecule has 0 aromatic rings. The fraction of sp³-hybridized carbons (Fsp3) is 0.950. The van der Waals surface area contributed by atoms with Crippen molar-refractivity contribution in [3.8, 4) is 0 Å². The van der Waals surface area contributed by atoms with E-state index in [1.807, 2.05) is 0 Å². The summed E-state index contributed by atoms with van der Waals surface area (Å²) < 4.78 is 5.53. The average Bonchev–Trinajstić information content (AvgIpc) is 2.59. The third kappa shape index (κ3) is 12.9. The first-order valence-electron chi connectivity index (χ1n) is 10.1. The van der Waals surface area contributed by atoms with Gasteiger partial charge in [0.2, 0.25) is 0 Å². The third-order valence-corrected chi connectivity index (χ3v) is 4.43. The lowest BCUT2D eigenvalue weighted by atomic mass is 10.0. The van der Waals surface area contributed by atoms with E-state index in [0.29, 0.717) is 13.0 Å². The highest BCUT2D eigenvalue weighted by molar-refractivity contribution is 5.83. The van der Waals surface area contributed by atoms with Crippen LogP contribution in [0.15, 0.2) is 0 Å². The smallest absolute Gasteiger partial charge is 0.164 e. The van der Waals surface area contributed by atoms with Gasteiger partial charge in [-0.3, -0.25) is 4.79 Å². The second-order valence-corrected chi connectivity index (χ2v) is 6.79. The number of aliphatic hydroxyl groups excluding tert-OH is 2. The van der Waals surface area contributed by atoms with Crippen LogP contribution in [0.1, 0.15) is 97.3 Å². The van der Waals surface area contributed by atoms with E-state index in [4.69, 9.17) is 9.84 Å². The molecule has 0 saturated heterocycles. The first-order valence-corrected chi connectivity index (χ1v) is 10.1. The molecule has 4 heteroatoms. The minimum absolute atomic E-state index is 0.0732. The summed E-state index contributed by atoms with van der Waals surface area (Å²) in [6.45, 7) is 4.38. The Morgan fingerprint density at radius 1 is 0.833 bits per heavy atom. The van der Waals surface area contributed by atoms with Crippen molar-refractivity contribution in [2.24, 2.45) is 0 Å². The standard InChI is InChI=1S/C20H40O4/c1-3-5-7-8-9-10-11-12-13-15-18(22)20(19(23)17-21)24-16-14-6-4-2/h19-21,23H,3-17H2,1-2H3. The Labute approximate surface area is 149 Å². The molecule has 0 radical (unpaired) electrons. The minimum atomic E-state index is -1.10. The van der Waals surface area contributed by atoms with E-state index in [2.05, 4.69) is 13.8 Å². The quantitative estimate of drug-likeness (QED) is 0.362. The van der Waals surface area contributed by atoms with Crippen LogP contribution >= 0.6 is 0 Å². The molecule has 2 atom stereocenters. The Balaban J connectivity index is 3.80. The molecule has 24 heavy (non-hydrogen) atoms. The summed E-state index contributed by atoms with van der Waals surface area (Å²) in [7, 11) is 0. The van der Waals surface area contributed by atoms with Crippen molar-refractivity contribution in [2.75, 3.05) is 13.2 Å². The molecule has 2 unspecified atom stereocenters. The van der Waals surface area contributed by atoms with Gasteiger partial charge in [0, 0.05) is 13.0 Å². The molecule has 144 valence electrons. The maximum absolute atomic E-state index is 12.2. The lowest BCUT2D eigenvalue weighted by Gasteiger charge is -2.21. The van der Waals surface area contributed by atoms with Gasteiger partial charge in [0.25, 0.3) is 0 Å². The molecule has 0 saturated carbocycles. The van der Waals surface area contributed by atoms with Crippen LogP contribution in [0.4, 0.5) is 0 Å². The summed E-state index contributed by atoms with van der Waals surface area (Å²) >= 11 is 0. The number of carbonyl (C=O) groups excluding carboxylic acids is 1. The van der Waals surface area contributed by atoms with Gasteiger partial charge in [-0.05, 0) is 12.8 Å². The van der Waals surface area contributed by atoms with Gasteiger partial charge >= 0.3 is 0 Å². The molecule has 0 rings (SSSR count). The Morgan fingerprint density at radius 3 is 1.88 bits per heavy atom. The van der Waals surface area contributed by atoms with Gasteiger partial charge in [-0.1, -0.05) is 78.1 Å². The van der Waals surface area contributed by atoms with Crippen molar-refractivity contribution in [3.63, 3.8) is 0 Å². The number of aliphatic hydroxyl groups is 2. The highest BCUT2D eigenvalue weighted by Crippen LogP contribution is 2.13. The van der Waals surface area contributed by atoms with E-state index < -0.39 is 18.8 Å². The summed E-state index contributed by atoms with van der Waals surface area (Å²) in [5.41, 5.74) is 0. The van der Waals surface area contributed by atoms with E-state index in [1.54, 1.807) is 0 Å². The number of hydrogen-bond donors (Lipinski definition) is 2. The molecule has 0 bridgehead atoms. The maximum Gasteiger partial charge on any atom is 0.164 e. The normalized spacial score (nSPS) is 13.8. The molecule has 0 aromatic heterocycles. The highest BCUT2D eigenvalue weighted by atomic mass is 16.5. The molecule has 2 N–H and O–H groups in total. The van der Waals surface area contributed by atoms with Crippen molar-refractivity contribution in [3.05, 3.63) is 0 Å². The lowest BCUT2D eigenvalue weighted by Crippen LogP contribution is -2.39. The molecule has 0 aliphatic carbocycles. The largest absolute Gasteiger partial charge is 0.394 e. The van der Waals surface area contributed by atoms with Crippen LogP contribution in [0.5, 0.6) is 0 Å². The zero-order valence-corrected chi connectivity index (χ0v) is 16.0. The highest BCUT2D eigenvalue weighted by Gasteiger charge is 2.26. The van der Waals surface area contributed by atoms with Gasteiger partial charge < -0.3 is 14.9 Å². The number of carbonyl (C=O) groups is 1. The lowest BCUT2D eigenvalue weighted by molar-refractivity contribution is -0.141. The van der Waals surface area contributed by atoms with Crippen molar-refractivity contribution in [1.29, 1.82) is 0 Å². The SMILES string of the molecule is CCCCCCCCCCCC(=O)C(OCCCCC)C(O)CO. The Morgan fingerprint density at radius 2 is 1.33 bits per heavy atom. The summed E-state index contributed by atoms with van der Waals surface area (Å²) in [5.74, 6) is -0.0732. The summed E-state index contributed by atoms with van der Waals surface area (Å²) in [4.78, 5) is 12.2. The number of hydrogen-bond acceptors (Lipinski definition) is 4. The molecule has 0 aromatic carbocycles. The number of ether oxygens (including phenoxy) is 1. The number of unbranched alkanes of at least 4 members (excludes halogenated alkanes) is 10. The second-order valence-electron chi connectivity index (χ2n) is 6.79. The molecular weight excluding hydrogens is 304 g/mol. The zero-order chi connectivity index (χ0) is 18.0. The van der Waals surface area contributed by atoms with E-state index in [0.717, 1.165) is 32.1 Å². The van der Waals surface area contributed by atoms with Gasteiger partial charge in [-0.2, -0.15) is 0 Å². The van der Waals surface area contributed by atoms with Gasteiger partial charge in [-0.25, -0.2) is 0 Å². The van der Waals surface area contributed by atoms with Gasteiger partial charge in [0.1, 0.15) is 12.2 Å². The minimum Gasteiger partial charge on any atom is -0.394 e. The van der Waals surface area contributed by atoms with Gasteiger partial charge in [0.05, 0.1) is 6.61 Å². The van der Waals surface area contributed by atoms with Crippen LogP contribution in [0, 0.1) is 0 Å². The van der Waals surface area contributed by atoms with Crippen LogP contribution in [-0.2, 0) is 9.53 Å². The Bertz CT molecular complexity index is 281. The molecule has 0 amide bonds. The molecule has 4 nitrogen and oxygen atoms in total. The Hall–Kier alpha value is -0.450. The van der Waals surface area contributed by atoms with Crippen LogP contribution in [-0.4, -0.2) is 41.4 Å². The zero-order valence-electron chi connectivity index (χ0n) is 16.0. The Kier molecular flexibility index (Phi) is 17.0. The van der Waals surface area contributed by atoms with E-state index in [9.17, 15) is 9.90 Å². The summed E-state index contributed by atoms with van der Waals surface area (Å²) in [6, 6.07) is 0. The van der Waals surface area contributed by atoms with Crippen LogP contribution in [0.3, 0.4) is 0 Å². The third-order valence-electron chi connectivity index (χ3n) is 4.43. The first-order chi connectivity index (χ1) is 11.7. The predicted molar refractivity (Wildman–Crippen MR) is 99.2 cm³/mol. The number of ketones is 1. The molecule has 0 aliphatic rings. The van der Waals surface area contributed by atoms with Crippen molar-refractivity contribution >= 4 is 5.78 Å². The van der Waals surface area contributed by atoms with E-state index in [-0.39, 0.29) is 5.78 Å². The molecule has 0 aliphatic heterocycles. The fourth-order valence-electron chi connectivity index (χ4n) is 2.83.